The largest absolute Gasteiger partial charge is 0.383 e. The Morgan fingerprint density at radius 3 is 2.93 bits per heavy atom. The number of hydrogen-bond acceptors (Lipinski definition) is 3. The Kier molecular flexibility index (Phi) is 2.75. The number of nitrogens with two attached hydrogens (primary N) is 1. The van der Waals surface area contributed by atoms with Gasteiger partial charge >= 0.3 is 0 Å². The van der Waals surface area contributed by atoms with Crippen molar-refractivity contribution in [2.75, 3.05) is 0 Å². The molecule has 2 rings (SSSR count). The maximum Gasteiger partial charge on any atom is 0.111 e. The molecule has 1 aliphatic carbocycles. The summed E-state index contributed by atoms with van der Waals surface area (Å²) in [6.45, 7) is 2.84. The van der Waals surface area contributed by atoms with E-state index >= 15 is 0 Å². The van der Waals surface area contributed by atoms with Gasteiger partial charge in [-0.2, -0.15) is 5.10 Å². The number of aliphatic hydroxyl groups is 1. The Morgan fingerprint density at radius 2 is 2.40 bits per heavy atom. The molecule has 1 aromatic heterocycles. The van der Waals surface area contributed by atoms with Gasteiger partial charge in [0, 0.05) is 12.6 Å². The van der Waals surface area contributed by atoms with Gasteiger partial charge in [-0.1, -0.05) is 18.5 Å². The predicted octanol–water partition coefficient (Wildman–Crippen LogP) is 1.26. The molecule has 1 saturated carbocycles. The average molecular weight is 230 g/mol. The van der Waals surface area contributed by atoms with Crippen molar-refractivity contribution in [2.24, 2.45) is 5.73 Å². The van der Waals surface area contributed by atoms with Gasteiger partial charge in [-0.05, 0) is 19.3 Å². The molecule has 0 spiro atoms. The lowest BCUT2D eigenvalue weighted by Crippen LogP contribution is -2.50. The first-order valence-electron chi connectivity index (χ1n) is 5.26. The third-order valence-electron chi connectivity index (χ3n) is 2.87. The Hall–Kier alpha value is -0.580. The van der Waals surface area contributed by atoms with Crippen LogP contribution in [0.15, 0.2) is 6.20 Å². The first-order chi connectivity index (χ1) is 7.07. The summed E-state index contributed by atoms with van der Waals surface area (Å²) in [4.78, 5) is 0. The molecule has 1 fully saturated rings. The quantitative estimate of drug-likeness (QED) is 0.820. The zero-order chi connectivity index (χ0) is 11.1. The predicted molar refractivity (Wildman–Crippen MR) is 58.6 cm³/mol. The first kappa shape index (κ1) is 10.9. The lowest BCUT2D eigenvalue weighted by molar-refractivity contribution is -0.0593. The Balaban J connectivity index is 2.30. The summed E-state index contributed by atoms with van der Waals surface area (Å²) in [5.41, 5.74) is 5.57. The van der Waals surface area contributed by atoms with Crippen molar-refractivity contribution >= 4 is 11.6 Å². The van der Waals surface area contributed by atoms with Gasteiger partial charge in [0.15, 0.2) is 0 Å². The van der Waals surface area contributed by atoms with E-state index in [0.717, 1.165) is 18.7 Å². The van der Waals surface area contributed by atoms with E-state index < -0.39 is 5.60 Å². The molecule has 0 aliphatic heterocycles. The van der Waals surface area contributed by atoms with E-state index in [1.165, 1.54) is 0 Å². The van der Waals surface area contributed by atoms with E-state index in [-0.39, 0.29) is 6.04 Å². The molecular formula is C10H16ClN3O. The van der Waals surface area contributed by atoms with Crippen LogP contribution in [0.1, 0.15) is 31.9 Å². The van der Waals surface area contributed by atoms with E-state index in [4.69, 9.17) is 17.3 Å². The summed E-state index contributed by atoms with van der Waals surface area (Å²) in [5, 5.41) is 15.0. The molecule has 84 valence electrons. The molecule has 1 aromatic rings. The highest BCUT2D eigenvalue weighted by atomic mass is 35.5. The van der Waals surface area contributed by atoms with E-state index in [1.807, 2.05) is 0 Å². The number of hydrogen-bond donors (Lipinski definition) is 2. The van der Waals surface area contributed by atoms with Gasteiger partial charge in [-0.3, -0.25) is 4.68 Å². The summed E-state index contributed by atoms with van der Waals surface area (Å²) >= 11 is 6.04. The monoisotopic (exact) mass is 229 g/mol. The normalized spacial score (nSPS) is 30.3. The SMILES string of the molecule is CCCn1ncc(Cl)c1C1(O)CC(N)C1. The highest BCUT2D eigenvalue weighted by molar-refractivity contribution is 6.31. The zero-order valence-corrected chi connectivity index (χ0v) is 9.54. The van der Waals surface area contributed by atoms with Crippen LogP contribution in [0.25, 0.3) is 0 Å². The number of halogens is 1. The minimum absolute atomic E-state index is 0.0797. The lowest BCUT2D eigenvalue weighted by atomic mass is 9.74. The van der Waals surface area contributed by atoms with Gasteiger partial charge in [0.2, 0.25) is 0 Å². The second kappa shape index (κ2) is 3.77. The highest BCUT2D eigenvalue weighted by Crippen LogP contribution is 2.43. The Bertz CT molecular complexity index is 358. The van der Waals surface area contributed by atoms with Gasteiger partial charge in [0.05, 0.1) is 16.9 Å². The molecule has 0 bridgehead atoms. The van der Waals surface area contributed by atoms with E-state index in [2.05, 4.69) is 12.0 Å². The minimum atomic E-state index is -0.859. The molecule has 5 heteroatoms. The minimum Gasteiger partial charge on any atom is -0.383 e. The molecule has 0 aromatic carbocycles. The van der Waals surface area contributed by atoms with Crippen LogP contribution in [0, 0.1) is 0 Å². The van der Waals surface area contributed by atoms with Gasteiger partial charge < -0.3 is 10.8 Å². The van der Waals surface area contributed by atoms with Crippen LogP contribution in [-0.4, -0.2) is 20.9 Å². The van der Waals surface area contributed by atoms with Crippen LogP contribution in [-0.2, 0) is 12.1 Å². The van der Waals surface area contributed by atoms with Crippen molar-refractivity contribution in [3.05, 3.63) is 16.9 Å². The molecule has 1 aliphatic rings. The molecule has 4 nitrogen and oxygen atoms in total. The fraction of sp³-hybridized carbons (Fsp3) is 0.700. The van der Waals surface area contributed by atoms with Crippen molar-refractivity contribution in [1.29, 1.82) is 0 Å². The summed E-state index contributed by atoms with van der Waals surface area (Å²) in [6, 6.07) is 0.0797. The summed E-state index contributed by atoms with van der Waals surface area (Å²) < 4.78 is 1.79. The summed E-state index contributed by atoms with van der Waals surface area (Å²) in [6.07, 6.45) is 3.70. The van der Waals surface area contributed by atoms with E-state index in [0.29, 0.717) is 17.9 Å². The van der Waals surface area contributed by atoms with E-state index in [1.54, 1.807) is 10.9 Å². The fourth-order valence-corrected chi connectivity index (χ4v) is 2.52. The molecule has 0 amide bonds. The number of nitrogens with zero attached hydrogens (tertiary/aromatic N) is 2. The lowest BCUT2D eigenvalue weighted by Gasteiger charge is -2.42. The topological polar surface area (TPSA) is 64.1 Å². The first-order valence-corrected chi connectivity index (χ1v) is 5.64. The van der Waals surface area contributed by atoms with Gasteiger partial charge in [-0.25, -0.2) is 0 Å². The van der Waals surface area contributed by atoms with Gasteiger partial charge in [0.1, 0.15) is 5.60 Å². The third kappa shape index (κ3) is 1.77. The van der Waals surface area contributed by atoms with Crippen molar-refractivity contribution in [1.82, 2.24) is 9.78 Å². The van der Waals surface area contributed by atoms with Crippen molar-refractivity contribution in [2.45, 2.75) is 44.4 Å². The van der Waals surface area contributed by atoms with Crippen molar-refractivity contribution in [3.8, 4) is 0 Å². The highest BCUT2D eigenvalue weighted by Gasteiger charge is 2.45. The zero-order valence-electron chi connectivity index (χ0n) is 8.78. The van der Waals surface area contributed by atoms with Crippen LogP contribution in [0.4, 0.5) is 0 Å². The molecule has 1 heterocycles. The summed E-state index contributed by atoms with van der Waals surface area (Å²) in [7, 11) is 0. The molecule has 3 N–H and O–H groups in total. The smallest absolute Gasteiger partial charge is 0.111 e. The molecule has 15 heavy (non-hydrogen) atoms. The molecular weight excluding hydrogens is 214 g/mol. The molecule has 0 unspecified atom stereocenters. The standard InChI is InChI=1S/C10H16ClN3O/c1-2-3-14-9(8(11)6-13-14)10(15)4-7(12)5-10/h6-7,15H,2-5,12H2,1H3. The van der Waals surface area contributed by atoms with Crippen LogP contribution >= 0.6 is 11.6 Å². The van der Waals surface area contributed by atoms with Gasteiger partial charge in [-0.15, -0.1) is 0 Å². The average Bonchev–Trinajstić information content (AvgIpc) is 2.46. The molecule has 0 saturated heterocycles. The summed E-state index contributed by atoms with van der Waals surface area (Å²) in [5.74, 6) is 0. The second-order valence-electron chi connectivity index (χ2n) is 4.26. The fourth-order valence-electron chi connectivity index (χ4n) is 2.21. The number of aromatic nitrogens is 2. The van der Waals surface area contributed by atoms with Crippen LogP contribution in [0.2, 0.25) is 5.02 Å². The van der Waals surface area contributed by atoms with Gasteiger partial charge in [0.25, 0.3) is 0 Å². The van der Waals surface area contributed by atoms with E-state index in [9.17, 15) is 5.11 Å². The van der Waals surface area contributed by atoms with Crippen LogP contribution < -0.4 is 5.73 Å². The van der Waals surface area contributed by atoms with Crippen molar-refractivity contribution in [3.63, 3.8) is 0 Å². The molecule has 0 radical (unpaired) electrons. The Labute approximate surface area is 94.0 Å². The number of aryl methyl sites for hydroxylation is 1. The molecule has 0 atom stereocenters. The van der Waals surface area contributed by atoms with Crippen molar-refractivity contribution < 1.29 is 5.11 Å². The second-order valence-corrected chi connectivity index (χ2v) is 4.67. The Morgan fingerprint density at radius 1 is 1.73 bits per heavy atom. The maximum atomic E-state index is 10.3. The maximum absolute atomic E-state index is 10.3. The van der Waals surface area contributed by atoms with Crippen LogP contribution in [0.5, 0.6) is 0 Å². The number of rotatable bonds is 3. The van der Waals surface area contributed by atoms with Crippen LogP contribution in [0.3, 0.4) is 0 Å². The third-order valence-corrected chi connectivity index (χ3v) is 3.15.